The fourth-order valence-corrected chi connectivity index (χ4v) is 2.40. The first-order chi connectivity index (χ1) is 8.46. The summed E-state index contributed by atoms with van der Waals surface area (Å²) in [5.41, 5.74) is 8.29. The van der Waals surface area contributed by atoms with Gasteiger partial charge in [0.2, 0.25) is 0 Å². The lowest BCUT2D eigenvalue weighted by atomic mass is 9.97. The highest BCUT2D eigenvalue weighted by atomic mass is 32.1. The summed E-state index contributed by atoms with van der Waals surface area (Å²) in [6, 6.07) is 4.09. The van der Waals surface area contributed by atoms with Gasteiger partial charge in [-0.2, -0.15) is 0 Å². The van der Waals surface area contributed by atoms with E-state index in [4.69, 9.17) is 5.73 Å². The standard InChI is InChI=1S/C15H18N2S/c1-15(2,3)7-4-5-12(16)11-9-14-13(17-10-11)6-8-18-14/h6,8-10,12H,5,16H2,1-3H3. The van der Waals surface area contributed by atoms with Crippen LogP contribution in [0.4, 0.5) is 0 Å². The molecule has 2 aromatic heterocycles. The molecular weight excluding hydrogens is 240 g/mol. The average Bonchev–Trinajstić information content (AvgIpc) is 2.73. The van der Waals surface area contributed by atoms with Crippen molar-refractivity contribution in [2.75, 3.05) is 0 Å². The van der Waals surface area contributed by atoms with Crippen molar-refractivity contribution < 1.29 is 0 Å². The molecule has 0 aliphatic carbocycles. The lowest BCUT2D eigenvalue weighted by Crippen LogP contribution is -2.10. The first-order valence-electron chi connectivity index (χ1n) is 6.04. The normalized spacial score (nSPS) is 13.1. The van der Waals surface area contributed by atoms with Crippen LogP contribution in [0.1, 0.15) is 38.8 Å². The molecule has 1 atom stereocenters. The molecule has 0 aliphatic heterocycles. The minimum absolute atomic E-state index is 0.0374. The summed E-state index contributed by atoms with van der Waals surface area (Å²) in [7, 11) is 0. The third-order valence-electron chi connectivity index (χ3n) is 2.54. The smallest absolute Gasteiger partial charge is 0.0809 e. The molecular formula is C15H18N2S. The molecule has 0 saturated heterocycles. The van der Waals surface area contributed by atoms with Crippen molar-refractivity contribution in [3.63, 3.8) is 0 Å². The minimum atomic E-state index is -0.0566. The molecule has 0 radical (unpaired) electrons. The molecule has 94 valence electrons. The van der Waals surface area contributed by atoms with Gasteiger partial charge in [-0.15, -0.1) is 17.3 Å². The number of fused-ring (bicyclic) bond motifs is 1. The Hall–Kier alpha value is -1.37. The van der Waals surface area contributed by atoms with E-state index in [1.165, 1.54) is 4.70 Å². The molecule has 1 unspecified atom stereocenters. The van der Waals surface area contributed by atoms with Crippen LogP contribution >= 0.6 is 11.3 Å². The summed E-state index contributed by atoms with van der Waals surface area (Å²) in [5.74, 6) is 6.37. The summed E-state index contributed by atoms with van der Waals surface area (Å²) in [5, 5.41) is 2.05. The second kappa shape index (κ2) is 5.09. The van der Waals surface area contributed by atoms with E-state index in [0.29, 0.717) is 6.42 Å². The van der Waals surface area contributed by atoms with Crippen molar-refractivity contribution in [2.24, 2.45) is 11.1 Å². The molecule has 0 aromatic carbocycles. The van der Waals surface area contributed by atoms with Gasteiger partial charge in [-0.3, -0.25) is 4.98 Å². The SMILES string of the molecule is CC(C)(C)C#CCC(N)c1cnc2ccsc2c1. The molecule has 2 N–H and O–H groups in total. The van der Waals surface area contributed by atoms with Crippen molar-refractivity contribution in [3.8, 4) is 11.8 Å². The zero-order chi connectivity index (χ0) is 13.2. The van der Waals surface area contributed by atoms with Gasteiger partial charge in [0.1, 0.15) is 0 Å². The van der Waals surface area contributed by atoms with E-state index in [0.717, 1.165) is 11.1 Å². The summed E-state index contributed by atoms with van der Waals surface area (Å²) < 4.78 is 1.19. The highest BCUT2D eigenvalue weighted by Crippen LogP contribution is 2.23. The monoisotopic (exact) mass is 258 g/mol. The van der Waals surface area contributed by atoms with Crippen LogP contribution in [0.2, 0.25) is 0 Å². The van der Waals surface area contributed by atoms with E-state index >= 15 is 0 Å². The van der Waals surface area contributed by atoms with Gasteiger partial charge in [-0.05, 0) is 43.8 Å². The topological polar surface area (TPSA) is 38.9 Å². The molecule has 18 heavy (non-hydrogen) atoms. The van der Waals surface area contributed by atoms with E-state index in [-0.39, 0.29) is 11.5 Å². The number of nitrogens with two attached hydrogens (primary N) is 1. The van der Waals surface area contributed by atoms with E-state index < -0.39 is 0 Å². The Morgan fingerprint density at radius 3 is 2.94 bits per heavy atom. The van der Waals surface area contributed by atoms with E-state index in [9.17, 15) is 0 Å². The van der Waals surface area contributed by atoms with Gasteiger partial charge in [0.25, 0.3) is 0 Å². The van der Waals surface area contributed by atoms with Crippen molar-refractivity contribution in [2.45, 2.75) is 33.2 Å². The molecule has 0 spiro atoms. The van der Waals surface area contributed by atoms with Gasteiger partial charge in [-0.1, -0.05) is 5.92 Å². The number of hydrogen-bond donors (Lipinski definition) is 1. The molecule has 0 amide bonds. The van der Waals surface area contributed by atoms with Crippen LogP contribution in [-0.4, -0.2) is 4.98 Å². The Balaban J connectivity index is 2.12. The maximum atomic E-state index is 6.15. The highest BCUT2D eigenvalue weighted by molar-refractivity contribution is 7.17. The second-order valence-electron chi connectivity index (χ2n) is 5.44. The quantitative estimate of drug-likeness (QED) is 0.833. The molecule has 2 rings (SSSR count). The molecule has 0 aliphatic rings. The van der Waals surface area contributed by atoms with Gasteiger partial charge in [0, 0.05) is 24.1 Å². The lowest BCUT2D eigenvalue weighted by molar-refractivity contribution is 0.569. The zero-order valence-corrected chi connectivity index (χ0v) is 11.8. The van der Waals surface area contributed by atoms with E-state index in [1.807, 2.05) is 17.6 Å². The number of rotatable bonds is 2. The molecule has 0 fully saturated rings. The Bertz CT molecular complexity index is 596. The summed E-state index contributed by atoms with van der Waals surface area (Å²) >= 11 is 1.69. The van der Waals surface area contributed by atoms with Crippen molar-refractivity contribution in [1.29, 1.82) is 0 Å². The van der Waals surface area contributed by atoms with Gasteiger partial charge < -0.3 is 5.73 Å². The van der Waals surface area contributed by atoms with Crippen LogP contribution in [0.15, 0.2) is 23.7 Å². The maximum absolute atomic E-state index is 6.15. The van der Waals surface area contributed by atoms with Gasteiger partial charge in [0.05, 0.1) is 10.2 Å². The lowest BCUT2D eigenvalue weighted by Gasteiger charge is -2.10. The number of aromatic nitrogens is 1. The molecule has 2 aromatic rings. The molecule has 0 bridgehead atoms. The first-order valence-corrected chi connectivity index (χ1v) is 6.92. The van der Waals surface area contributed by atoms with E-state index in [1.54, 1.807) is 11.3 Å². The van der Waals surface area contributed by atoms with Crippen LogP contribution < -0.4 is 5.73 Å². The largest absolute Gasteiger partial charge is 0.323 e. The third kappa shape index (κ3) is 3.32. The van der Waals surface area contributed by atoms with Crippen LogP contribution in [0.3, 0.4) is 0 Å². The van der Waals surface area contributed by atoms with Gasteiger partial charge in [-0.25, -0.2) is 0 Å². The Morgan fingerprint density at radius 2 is 2.22 bits per heavy atom. The Morgan fingerprint density at radius 1 is 1.44 bits per heavy atom. The first kappa shape index (κ1) is 13.1. The summed E-state index contributed by atoms with van der Waals surface area (Å²) in [6.45, 7) is 6.31. The maximum Gasteiger partial charge on any atom is 0.0809 e. The number of pyridine rings is 1. The van der Waals surface area contributed by atoms with Crippen molar-refractivity contribution in [3.05, 3.63) is 29.3 Å². The number of thiophene rings is 1. The van der Waals surface area contributed by atoms with Crippen molar-refractivity contribution >= 4 is 21.6 Å². The average molecular weight is 258 g/mol. The van der Waals surface area contributed by atoms with E-state index in [2.05, 4.69) is 43.7 Å². The molecule has 3 heteroatoms. The predicted molar refractivity (Wildman–Crippen MR) is 78.4 cm³/mol. The molecule has 2 heterocycles. The molecule has 0 saturated carbocycles. The fourth-order valence-electron chi connectivity index (χ4n) is 1.61. The Kier molecular flexibility index (Phi) is 3.70. The second-order valence-corrected chi connectivity index (χ2v) is 6.38. The predicted octanol–water partition coefficient (Wildman–Crippen LogP) is 3.74. The van der Waals surface area contributed by atoms with Crippen LogP contribution in [0, 0.1) is 17.3 Å². The Labute approximate surface area is 112 Å². The number of hydrogen-bond acceptors (Lipinski definition) is 3. The van der Waals surface area contributed by atoms with Gasteiger partial charge >= 0.3 is 0 Å². The molecule has 2 nitrogen and oxygen atoms in total. The fraction of sp³-hybridized carbons (Fsp3) is 0.400. The number of nitrogens with zero attached hydrogens (tertiary/aromatic N) is 1. The minimum Gasteiger partial charge on any atom is -0.323 e. The van der Waals surface area contributed by atoms with Gasteiger partial charge in [0.15, 0.2) is 0 Å². The summed E-state index contributed by atoms with van der Waals surface area (Å²) in [6.07, 6.45) is 2.54. The zero-order valence-electron chi connectivity index (χ0n) is 11.0. The van der Waals surface area contributed by atoms with Crippen molar-refractivity contribution in [1.82, 2.24) is 4.98 Å². The third-order valence-corrected chi connectivity index (χ3v) is 3.39. The highest BCUT2D eigenvalue weighted by Gasteiger charge is 2.08. The van der Waals surface area contributed by atoms with Crippen LogP contribution in [0.5, 0.6) is 0 Å². The summed E-state index contributed by atoms with van der Waals surface area (Å²) in [4.78, 5) is 4.40. The van der Waals surface area contributed by atoms with Crippen LogP contribution in [-0.2, 0) is 0 Å². The van der Waals surface area contributed by atoms with Crippen LogP contribution in [0.25, 0.3) is 10.2 Å².